The highest BCUT2D eigenvalue weighted by atomic mass is 35.5. The SMILES string of the molecule is OC(CCl)CNc1ccc(Cl)c2cn[nH]c12. The Kier molecular flexibility index (Phi) is 3.53. The number of benzene rings is 1. The van der Waals surface area contributed by atoms with Crippen molar-refractivity contribution in [1.29, 1.82) is 0 Å². The van der Waals surface area contributed by atoms with E-state index in [9.17, 15) is 5.11 Å². The second-order valence-electron chi connectivity index (χ2n) is 3.44. The molecule has 1 aromatic heterocycles. The van der Waals surface area contributed by atoms with Crippen LogP contribution >= 0.6 is 23.2 Å². The molecule has 1 unspecified atom stereocenters. The lowest BCUT2D eigenvalue weighted by atomic mass is 10.2. The lowest BCUT2D eigenvalue weighted by Crippen LogP contribution is -2.20. The Morgan fingerprint density at radius 3 is 3.06 bits per heavy atom. The summed E-state index contributed by atoms with van der Waals surface area (Å²) in [4.78, 5) is 0. The third-order valence-corrected chi connectivity index (χ3v) is 2.95. The summed E-state index contributed by atoms with van der Waals surface area (Å²) in [7, 11) is 0. The Hall–Kier alpha value is -0.970. The number of aromatic nitrogens is 2. The summed E-state index contributed by atoms with van der Waals surface area (Å²) < 4.78 is 0. The van der Waals surface area contributed by atoms with Gasteiger partial charge in [0.1, 0.15) is 0 Å². The second kappa shape index (κ2) is 4.91. The molecule has 3 N–H and O–H groups in total. The number of nitrogens with zero attached hydrogens (tertiary/aromatic N) is 1. The van der Waals surface area contributed by atoms with Crippen LogP contribution in [0, 0.1) is 0 Å². The van der Waals surface area contributed by atoms with Gasteiger partial charge in [-0.25, -0.2) is 0 Å². The van der Waals surface area contributed by atoms with E-state index >= 15 is 0 Å². The molecule has 0 aliphatic carbocycles. The van der Waals surface area contributed by atoms with Crippen molar-refractivity contribution in [3.63, 3.8) is 0 Å². The summed E-state index contributed by atoms with van der Waals surface area (Å²) >= 11 is 11.5. The third kappa shape index (κ3) is 2.24. The van der Waals surface area contributed by atoms with Gasteiger partial charge in [0.05, 0.1) is 34.4 Å². The minimum absolute atomic E-state index is 0.201. The molecule has 2 aromatic rings. The van der Waals surface area contributed by atoms with Crippen molar-refractivity contribution in [2.24, 2.45) is 0 Å². The number of H-pyrrole nitrogens is 1. The van der Waals surface area contributed by atoms with Crippen LogP contribution in [0.25, 0.3) is 10.9 Å². The number of aromatic amines is 1. The normalized spacial score (nSPS) is 12.9. The number of aliphatic hydroxyl groups is 1. The largest absolute Gasteiger partial charge is 0.390 e. The first-order valence-electron chi connectivity index (χ1n) is 4.82. The Bertz CT molecular complexity index is 486. The Labute approximate surface area is 103 Å². The molecule has 0 bridgehead atoms. The van der Waals surface area contributed by atoms with Crippen LogP contribution < -0.4 is 5.32 Å². The lowest BCUT2D eigenvalue weighted by Gasteiger charge is -2.10. The van der Waals surface area contributed by atoms with Crippen molar-refractivity contribution < 1.29 is 5.11 Å². The number of alkyl halides is 1. The fourth-order valence-corrected chi connectivity index (χ4v) is 1.75. The van der Waals surface area contributed by atoms with Crippen LogP contribution in [0.4, 0.5) is 5.69 Å². The van der Waals surface area contributed by atoms with E-state index in [1.165, 1.54) is 0 Å². The first kappa shape index (κ1) is 11.5. The van der Waals surface area contributed by atoms with Gasteiger partial charge in [-0.15, -0.1) is 11.6 Å². The molecule has 6 heteroatoms. The summed E-state index contributed by atoms with van der Waals surface area (Å²) in [6.07, 6.45) is 1.09. The molecule has 0 amide bonds. The number of aliphatic hydroxyl groups excluding tert-OH is 1. The van der Waals surface area contributed by atoms with E-state index in [4.69, 9.17) is 23.2 Å². The molecule has 0 radical (unpaired) electrons. The summed E-state index contributed by atoms with van der Waals surface area (Å²) in [6.45, 7) is 0.388. The molecule has 1 atom stereocenters. The number of hydrogen-bond donors (Lipinski definition) is 3. The van der Waals surface area contributed by atoms with Gasteiger partial charge in [-0.1, -0.05) is 11.6 Å². The average Bonchev–Trinajstić information content (AvgIpc) is 2.77. The predicted molar refractivity (Wildman–Crippen MR) is 66.3 cm³/mol. The number of hydrogen-bond acceptors (Lipinski definition) is 3. The molecule has 0 saturated heterocycles. The van der Waals surface area contributed by atoms with Gasteiger partial charge in [0.15, 0.2) is 0 Å². The maximum absolute atomic E-state index is 9.35. The number of halogens is 2. The molecule has 0 saturated carbocycles. The van der Waals surface area contributed by atoms with Gasteiger partial charge in [-0.2, -0.15) is 5.10 Å². The van der Waals surface area contributed by atoms with E-state index in [2.05, 4.69) is 15.5 Å². The highest BCUT2D eigenvalue weighted by Gasteiger charge is 2.08. The van der Waals surface area contributed by atoms with E-state index in [-0.39, 0.29) is 5.88 Å². The summed E-state index contributed by atoms with van der Waals surface area (Å²) in [5, 5.41) is 20.7. The number of nitrogens with one attached hydrogen (secondary N) is 2. The van der Waals surface area contributed by atoms with Gasteiger partial charge < -0.3 is 10.4 Å². The molecule has 4 nitrogen and oxygen atoms in total. The van der Waals surface area contributed by atoms with E-state index < -0.39 is 6.10 Å². The van der Waals surface area contributed by atoms with Gasteiger partial charge in [-0.3, -0.25) is 5.10 Å². The van der Waals surface area contributed by atoms with Crippen LogP contribution in [0.5, 0.6) is 0 Å². The molecule has 0 fully saturated rings. The Morgan fingerprint density at radius 2 is 2.31 bits per heavy atom. The lowest BCUT2D eigenvalue weighted by molar-refractivity contribution is 0.211. The molecule has 0 aliphatic heterocycles. The molecule has 0 aliphatic rings. The Balaban J connectivity index is 2.24. The molecular formula is C10H11Cl2N3O. The number of anilines is 1. The summed E-state index contributed by atoms with van der Waals surface area (Å²) in [5.74, 6) is 0.201. The zero-order valence-corrected chi connectivity index (χ0v) is 9.89. The monoisotopic (exact) mass is 259 g/mol. The third-order valence-electron chi connectivity index (χ3n) is 2.27. The zero-order valence-electron chi connectivity index (χ0n) is 8.37. The second-order valence-corrected chi connectivity index (χ2v) is 4.16. The maximum atomic E-state index is 9.35. The highest BCUT2D eigenvalue weighted by molar-refractivity contribution is 6.35. The minimum Gasteiger partial charge on any atom is -0.390 e. The van der Waals surface area contributed by atoms with E-state index in [0.717, 1.165) is 16.6 Å². The molecule has 1 heterocycles. The molecule has 1 aromatic carbocycles. The molecule has 16 heavy (non-hydrogen) atoms. The van der Waals surface area contributed by atoms with Crippen molar-refractivity contribution in [2.75, 3.05) is 17.7 Å². The van der Waals surface area contributed by atoms with E-state index in [0.29, 0.717) is 11.6 Å². The van der Waals surface area contributed by atoms with Crippen molar-refractivity contribution in [3.05, 3.63) is 23.4 Å². The van der Waals surface area contributed by atoms with Gasteiger partial charge in [0.2, 0.25) is 0 Å². The molecule has 86 valence electrons. The predicted octanol–water partition coefficient (Wildman–Crippen LogP) is 2.23. The highest BCUT2D eigenvalue weighted by Crippen LogP contribution is 2.27. The smallest absolute Gasteiger partial charge is 0.0896 e. The average molecular weight is 260 g/mol. The van der Waals surface area contributed by atoms with E-state index in [1.54, 1.807) is 12.3 Å². The molecule has 0 spiro atoms. The van der Waals surface area contributed by atoms with Gasteiger partial charge in [0.25, 0.3) is 0 Å². The van der Waals surface area contributed by atoms with Crippen LogP contribution in [0.15, 0.2) is 18.3 Å². The van der Waals surface area contributed by atoms with Gasteiger partial charge in [0, 0.05) is 11.9 Å². The molecule has 2 rings (SSSR count). The quantitative estimate of drug-likeness (QED) is 0.739. The fraction of sp³-hybridized carbons (Fsp3) is 0.300. The van der Waals surface area contributed by atoms with E-state index in [1.807, 2.05) is 6.07 Å². The van der Waals surface area contributed by atoms with Crippen molar-refractivity contribution >= 4 is 39.8 Å². The summed E-state index contributed by atoms with van der Waals surface area (Å²) in [5.41, 5.74) is 1.68. The van der Waals surface area contributed by atoms with Gasteiger partial charge >= 0.3 is 0 Å². The fourth-order valence-electron chi connectivity index (χ4n) is 1.43. The van der Waals surface area contributed by atoms with Crippen LogP contribution in [0.2, 0.25) is 5.02 Å². The summed E-state index contributed by atoms with van der Waals surface area (Å²) in [6, 6.07) is 3.62. The molecular weight excluding hydrogens is 249 g/mol. The topological polar surface area (TPSA) is 60.9 Å². The van der Waals surface area contributed by atoms with Crippen LogP contribution in [-0.2, 0) is 0 Å². The number of fused-ring (bicyclic) bond motifs is 1. The minimum atomic E-state index is -0.574. The first-order chi connectivity index (χ1) is 7.72. The van der Waals surface area contributed by atoms with Crippen molar-refractivity contribution in [2.45, 2.75) is 6.10 Å². The first-order valence-corrected chi connectivity index (χ1v) is 5.73. The Morgan fingerprint density at radius 1 is 1.50 bits per heavy atom. The van der Waals surface area contributed by atoms with Crippen molar-refractivity contribution in [3.8, 4) is 0 Å². The van der Waals surface area contributed by atoms with Crippen molar-refractivity contribution in [1.82, 2.24) is 10.2 Å². The van der Waals surface area contributed by atoms with Crippen LogP contribution in [0.1, 0.15) is 0 Å². The van der Waals surface area contributed by atoms with Crippen LogP contribution in [0.3, 0.4) is 0 Å². The number of rotatable bonds is 4. The zero-order chi connectivity index (χ0) is 11.5. The maximum Gasteiger partial charge on any atom is 0.0896 e. The van der Waals surface area contributed by atoms with Crippen LogP contribution in [-0.4, -0.2) is 33.8 Å². The van der Waals surface area contributed by atoms with Gasteiger partial charge in [-0.05, 0) is 12.1 Å². The standard InChI is InChI=1S/C10H11Cl2N3O/c11-3-6(16)4-13-9-2-1-8(12)7-5-14-15-10(7)9/h1-2,5-6,13,16H,3-4H2,(H,14,15).